The zero-order valence-corrected chi connectivity index (χ0v) is 19.5. The quantitative estimate of drug-likeness (QED) is 0.188. The van der Waals surface area contributed by atoms with E-state index in [0.717, 1.165) is 23.0 Å². The minimum atomic E-state index is -4.78. The molecule has 2 heterocycles. The minimum absolute atomic E-state index is 0.0135. The molecule has 0 aliphatic heterocycles. The van der Waals surface area contributed by atoms with Crippen LogP contribution in [0.15, 0.2) is 48.8 Å². The molecule has 39 heavy (non-hydrogen) atoms. The third-order valence-electron chi connectivity index (χ3n) is 5.50. The van der Waals surface area contributed by atoms with E-state index in [0.29, 0.717) is 18.2 Å². The molecule has 2 aromatic heterocycles. The molecule has 0 aliphatic rings. The number of ketones is 1. The number of fused-ring (bicyclic) bond motifs is 1. The third kappa shape index (κ3) is 5.76. The van der Waals surface area contributed by atoms with Crippen molar-refractivity contribution in [2.75, 3.05) is 16.4 Å². The van der Waals surface area contributed by atoms with Crippen LogP contribution in [0, 0.1) is 11.6 Å². The second-order valence-electron chi connectivity index (χ2n) is 8.13. The second kappa shape index (κ2) is 10.4. The van der Waals surface area contributed by atoms with Crippen LogP contribution in [0.2, 0.25) is 0 Å². The van der Waals surface area contributed by atoms with E-state index in [1.54, 1.807) is 0 Å². The van der Waals surface area contributed by atoms with Crippen molar-refractivity contribution in [1.29, 1.82) is 0 Å². The minimum Gasteiger partial charge on any atom is -0.481 e. The van der Waals surface area contributed by atoms with Gasteiger partial charge in [0.2, 0.25) is 0 Å². The Morgan fingerprint density at radius 3 is 2.33 bits per heavy atom. The van der Waals surface area contributed by atoms with Gasteiger partial charge in [-0.1, -0.05) is 6.07 Å². The lowest BCUT2D eigenvalue weighted by Gasteiger charge is -2.12. The summed E-state index contributed by atoms with van der Waals surface area (Å²) in [5, 5.41) is 16.8. The topological polar surface area (TPSA) is 152 Å². The number of nitrogens with zero attached hydrogens (tertiary/aromatic N) is 3. The Bertz CT molecular complexity index is 1620. The number of rotatable bonds is 7. The van der Waals surface area contributed by atoms with Crippen molar-refractivity contribution >= 4 is 40.5 Å². The largest absolute Gasteiger partial charge is 0.481 e. The molecule has 0 saturated heterocycles. The van der Waals surface area contributed by atoms with Crippen LogP contribution in [0.3, 0.4) is 0 Å². The Kier molecular flexibility index (Phi) is 7.16. The number of carbonyl (C=O) groups excluding carboxylic acids is 2. The predicted molar refractivity (Wildman–Crippen MR) is 128 cm³/mol. The van der Waals surface area contributed by atoms with Gasteiger partial charge in [0.05, 0.1) is 23.4 Å². The molecule has 15 heteroatoms. The van der Waals surface area contributed by atoms with Crippen LogP contribution in [-0.2, 0) is 11.0 Å². The third-order valence-corrected chi connectivity index (χ3v) is 5.50. The van der Waals surface area contributed by atoms with Gasteiger partial charge in [-0.2, -0.15) is 18.3 Å². The summed E-state index contributed by atoms with van der Waals surface area (Å²) < 4.78 is 68.7. The van der Waals surface area contributed by atoms with Gasteiger partial charge in [0, 0.05) is 12.0 Å². The first-order chi connectivity index (χ1) is 18.3. The number of carboxylic acid groups (broad SMARTS) is 1. The number of carbonyl (C=O) groups is 3. The highest BCUT2D eigenvalue weighted by Gasteiger charge is 2.31. The molecular formula is C24H17F5N6O4. The number of halogens is 5. The van der Waals surface area contributed by atoms with Crippen molar-refractivity contribution in [3.05, 3.63) is 71.7 Å². The normalized spacial score (nSPS) is 11.4. The summed E-state index contributed by atoms with van der Waals surface area (Å²) in [6.45, 7) is 0. The number of urea groups is 1. The molecule has 4 aromatic rings. The molecule has 0 atom stereocenters. The Balaban J connectivity index is 1.61. The van der Waals surface area contributed by atoms with Crippen molar-refractivity contribution in [1.82, 2.24) is 14.6 Å². The number of hydrogen-bond donors (Lipinski definition) is 4. The van der Waals surface area contributed by atoms with Crippen molar-refractivity contribution in [2.45, 2.75) is 19.0 Å². The van der Waals surface area contributed by atoms with Crippen LogP contribution >= 0.6 is 0 Å². The standard InChI is InChI=1S/C24H17F5N6O4/c25-14-3-2-12(24(27,28)29)8-17(14)34-23(39)33-16-4-1-11(7-15(16)26)13-9-18(19(36)5-6-20(37)38)35-21(13)22(30)31-10-32-35/h1-4,7-10H,5-6H2,(H,37,38)(H2,30,31,32)(H2,33,34,39). The first-order valence-corrected chi connectivity index (χ1v) is 11.0. The van der Waals surface area contributed by atoms with Crippen LogP contribution in [0.1, 0.15) is 28.9 Å². The van der Waals surface area contributed by atoms with Gasteiger partial charge in [0.15, 0.2) is 11.6 Å². The van der Waals surface area contributed by atoms with Crippen LogP contribution in [0.4, 0.5) is 43.9 Å². The highest BCUT2D eigenvalue weighted by molar-refractivity contribution is 6.02. The van der Waals surface area contributed by atoms with Gasteiger partial charge in [-0.15, -0.1) is 0 Å². The van der Waals surface area contributed by atoms with E-state index in [9.17, 15) is 36.3 Å². The molecule has 2 amide bonds. The molecule has 4 rings (SSSR count). The van der Waals surface area contributed by atoms with E-state index in [2.05, 4.69) is 15.4 Å². The summed E-state index contributed by atoms with van der Waals surface area (Å²) in [6, 6.07) is 5.02. The highest BCUT2D eigenvalue weighted by Crippen LogP contribution is 2.34. The van der Waals surface area contributed by atoms with E-state index in [-0.39, 0.29) is 34.6 Å². The van der Waals surface area contributed by atoms with Crippen LogP contribution in [0.25, 0.3) is 16.6 Å². The number of aliphatic carboxylic acids is 1. The molecule has 5 N–H and O–H groups in total. The number of hydrogen-bond acceptors (Lipinski definition) is 6. The molecule has 0 saturated carbocycles. The smallest absolute Gasteiger partial charge is 0.416 e. The van der Waals surface area contributed by atoms with Crippen molar-refractivity contribution in [2.24, 2.45) is 0 Å². The highest BCUT2D eigenvalue weighted by atomic mass is 19.4. The Hall–Kier alpha value is -5.08. The van der Waals surface area contributed by atoms with Gasteiger partial charge in [0.1, 0.15) is 29.2 Å². The van der Waals surface area contributed by atoms with Gasteiger partial charge < -0.3 is 21.5 Å². The van der Waals surface area contributed by atoms with E-state index in [1.165, 1.54) is 12.1 Å². The Morgan fingerprint density at radius 2 is 1.67 bits per heavy atom. The number of benzene rings is 2. The first-order valence-electron chi connectivity index (χ1n) is 11.0. The van der Waals surface area contributed by atoms with Crippen molar-refractivity contribution in [3.63, 3.8) is 0 Å². The SMILES string of the molecule is Nc1ncnn2c(C(=O)CCC(=O)O)cc(-c3ccc(NC(=O)Nc4cc(C(F)(F)F)ccc4F)c(F)c3)c12. The number of anilines is 3. The number of amides is 2. The van der Waals surface area contributed by atoms with Crippen LogP contribution in [0.5, 0.6) is 0 Å². The van der Waals surface area contributed by atoms with Gasteiger partial charge in [0.25, 0.3) is 0 Å². The Labute approximate surface area is 215 Å². The number of aromatic nitrogens is 3. The fraction of sp³-hybridized carbons (Fsp3) is 0.125. The maximum Gasteiger partial charge on any atom is 0.416 e. The van der Waals surface area contributed by atoms with Gasteiger partial charge in [-0.25, -0.2) is 23.1 Å². The number of nitrogens with one attached hydrogen (secondary N) is 2. The molecule has 0 aliphatic carbocycles. The molecule has 0 unspecified atom stereocenters. The van der Waals surface area contributed by atoms with E-state index < -0.39 is 59.0 Å². The zero-order valence-electron chi connectivity index (χ0n) is 19.5. The average Bonchev–Trinajstić information content (AvgIpc) is 3.25. The van der Waals surface area contributed by atoms with Crippen LogP contribution < -0.4 is 16.4 Å². The second-order valence-corrected chi connectivity index (χ2v) is 8.13. The summed E-state index contributed by atoms with van der Waals surface area (Å²) in [7, 11) is 0. The van der Waals surface area contributed by atoms with E-state index >= 15 is 0 Å². The van der Waals surface area contributed by atoms with Crippen molar-refractivity contribution < 1.29 is 41.4 Å². The summed E-state index contributed by atoms with van der Waals surface area (Å²) in [6.07, 6.45) is -4.45. The van der Waals surface area contributed by atoms with E-state index in [1.807, 2.05) is 5.32 Å². The predicted octanol–water partition coefficient (Wildman–Crippen LogP) is 4.97. The monoisotopic (exact) mass is 548 g/mol. The maximum absolute atomic E-state index is 14.9. The van der Waals surface area contributed by atoms with Gasteiger partial charge >= 0.3 is 18.2 Å². The summed E-state index contributed by atoms with van der Waals surface area (Å²) in [5.74, 6) is -3.91. The molecule has 0 radical (unpaired) electrons. The zero-order chi connectivity index (χ0) is 28.5. The Morgan fingerprint density at radius 1 is 0.949 bits per heavy atom. The van der Waals surface area contributed by atoms with Gasteiger partial charge in [-0.05, 0) is 42.0 Å². The van der Waals surface area contributed by atoms with Crippen LogP contribution in [-0.4, -0.2) is 37.5 Å². The molecule has 202 valence electrons. The summed E-state index contributed by atoms with van der Waals surface area (Å²) >= 11 is 0. The fourth-order valence-corrected chi connectivity index (χ4v) is 3.69. The summed E-state index contributed by atoms with van der Waals surface area (Å²) in [5.41, 5.74) is 4.13. The number of nitrogens with two attached hydrogens (primary N) is 1. The number of alkyl halides is 3. The number of nitrogen functional groups attached to an aromatic ring is 1. The number of Topliss-reactive ketones (excluding diaryl/α,β-unsaturated/α-hetero) is 1. The van der Waals surface area contributed by atoms with Crippen molar-refractivity contribution in [3.8, 4) is 11.1 Å². The number of carboxylic acids is 1. The molecular weight excluding hydrogens is 531 g/mol. The maximum atomic E-state index is 14.9. The van der Waals surface area contributed by atoms with Gasteiger partial charge in [-0.3, -0.25) is 9.59 Å². The lowest BCUT2D eigenvalue weighted by Crippen LogP contribution is -2.21. The molecule has 2 aromatic carbocycles. The summed E-state index contributed by atoms with van der Waals surface area (Å²) in [4.78, 5) is 39.6. The lowest BCUT2D eigenvalue weighted by atomic mass is 10.0. The fourth-order valence-electron chi connectivity index (χ4n) is 3.69. The molecule has 0 spiro atoms. The van der Waals surface area contributed by atoms with E-state index in [4.69, 9.17) is 10.8 Å². The molecule has 0 bridgehead atoms. The first kappa shape index (κ1) is 27.0. The molecule has 0 fully saturated rings. The average molecular weight is 548 g/mol. The molecule has 10 nitrogen and oxygen atoms in total. The lowest BCUT2D eigenvalue weighted by molar-refractivity contribution is -0.138.